The maximum atomic E-state index is 12.9. The summed E-state index contributed by atoms with van der Waals surface area (Å²) in [6, 6.07) is 5.34. The van der Waals surface area contributed by atoms with Crippen molar-refractivity contribution >= 4 is 10.8 Å². The molecule has 1 unspecified atom stereocenters. The summed E-state index contributed by atoms with van der Waals surface area (Å²) in [4.78, 5) is 17.0. The number of nitrogens with zero attached hydrogens (tertiary/aromatic N) is 2. The number of aliphatic hydroxyl groups excluding tert-OH is 1. The van der Waals surface area contributed by atoms with Crippen LogP contribution in [-0.2, 0) is 13.0 Å². The standard InChI is InChI=1S/C19H18N2O4/c1-10(22)14-8-20-9-15-13(14)6-16-12-7-17(23)18(25-2)5-11(12)3-4-21(16)19(15)24/h5-10,22-23H,3-4H2,1-2H3. The average molecular weight is 338 g/mol. The van der Waals surface area contributed by atoms with E-state index in [2.05, 4.69) is 4.98 Å². The van der Waals surface area contributed by atoms with E-state index in [9.17, 15) is 15.0 Å². The van der Waals surface area contributed by atoms with E-state index in [0.29, 0.717) is 35.1 Å². The summed E-state index contributed by atoms with van der Waals surface area (Å²) in [5.41, 5.74) is 3.02. The molecule has 3 heterocycles. The number of pyridine rings is 2. The molecule has 1 aliphatic heterocycles. The van der Waals surface area contributed by atoms with Gasteiger partial charge >= 0.3 is 0 Å². The van der Waals surface area contributed by atoms with Crippen LogP contribution in [0.5, 0.6) is 11.5 Å². The molecule has 128 valence electrons. The molecule has 3 aromatic rings. The lowest BCUT2D eigenvalue weighted by atomic mass is 9.94. The van der Waals surface area contributed by atoms with Gasteiger partial charge in [0.15, 0.2) is 11.5 Å². The first-order valence-corrected chi connectivity index (χ1v) is 8.11. The molecule has 0 aliphatic carbocycles. The lowest BCUT2D eigenvalue weighted by Gasteiger charge is -2.24. The average Bonchev–Trinajstić information content (AvgIpc) is 2.61. The van der Waals surface area contributed by atoms with Crippen molar-refractivity contribution in [2.45, 2.75) is 26.0 Å². The van der Waals surface area contributed by atoms with Crippen molar-refractivity contribution in [1.29, 1.82) is 0 Å². The van der Waals surface area contributed by atoms with E-state index >= 15 is 0 Å². The number of aromatic hydroxyl groups is 1. The third-order valence-electron chi connectivity index (χ3n) is 4.80. The molecule has 0 saturated carbocycles. The maximum Gasteiger partial charge on any atom is 0.260 e. The van der Waals surface area contributed by atoms with E-state index in [4.69, 9.17) is 4.74 Å². The van der Waals surface area contributed by atoms with Crippen LogP contribution in [0.2, 0.25) is 0 Å². The Balaban J connectivity index is 2.07. The first-order chi connectivity index (χ1) is 12.0. The van der Waals surface area contributed by atoms with Gasteiger partial charge in [-0.05, 0) is 42.5 Å². The second-order valence-corrected chi connectivity index (χ2v) is 6.28. The Labute approximate surface area is 144 Å². The maximum absolute atomic E-state index is 12.9. The topological polar surface area (TPSA) is 84.6 Å². The smallest absolute Gasteiger partial charge is 0.260 e. The van der Waals surface area contributed by atoms with Gasteiger partial charge in [0.2, 0.25) is 0 Å². The first kappa shape index (κ1) is 15.7. The molecule has 0 amide bonds. The predicted octanol–water partition coefficient (Wildman–Crippen LogP) is 2.39. The van der Waals surface area contributed by atoms with Crippen LogP contribution in [0.4, 0.5) is 0 Å². The Kier molecular flexibility index (Phi) is 3.51. The highest BCUT2D eigenvalue weighted by atomic mass is 16.5. The molecule has 0 spiro atoms. The molecular formula is C19H18N2O4. The van der Waals surface area contributed by atoms with Crippen molar-refractivity contribution in [3.8, 4) is 22.8 Å². The van der Waals surface area contributed by atoms with Gasteiger partial charge in [-0.2, -0.15) is 0 Å². The summed E-state index contributed by atoms with van der Waals surface area (Å²) < 4.78 is 6.88. The minimum Gasteiger partial charge on any atom is -0.504 e. The molecule has 0 radical (unpaired) electrons. The first-order valence-electron chi connectivity index (χ1n) is 8.11. The zero-order valence-electron chi connectivity index (χ0n) is 14.0. The van der Waals surface area contributed by atoms with Crippen molar-refractivity contribution in [3.63, 3.8) is 0 Å². The molecule has 6 nitrogen and oxygen atoms in total. The summed E-state index contributed by atoms with van der Waals surface area (Å²) in [6.45, 7) is 2.20. The Morgan fingerprint density at radius 3 is 2.76 bits per heavy atom. The number of phenolic OH excluding ortho intramolecular Hbond substituents is 1. The SMILES string of the molecule is COc1cc2c(cc1O)-c1cc3c(C(C)O)cncc3c(=O)n1CC2. The number of rotatable bonds is 2. The van der Waals surface area contributed by atoms with Crippen molar-refractivity contribution in [2.24, 2.45) is 0 Å². The van der Waals surface area contributed by atoms with Crippen LogP contribution in [0, 0.1) is 0 Å². The van der Waals surface area contributed by atoms with E-state index in [1.54, 1.807) is 23.8 Å². The van der Waals surface area contributed by atoms with Crippen LogP contribution in [0.3, 0.4) is 0 Å². The van der Waals surface area contributed by atoms with Gasteiger partial charge in [0.25, 0.3) is 5.56 Å². The third kappa shape index (κ3) is 2.29. The largest absolute Gasteiger partial charge is 0.504 e. The fraction of sp³-hybridized carbons (Fsp3) is 0.263. The normalized spacial score (nSPS) is 14.0. The quantitative estimate of drug-likeness (QED) is 0.749. The Morgan fingerprint density at radius 2 is 2.04 bits per heavy atom. The lowest BCUT2D eigenvalue weighted by Crippen LogP contribution is -2.26. The molecule has 1 aliphatic rings. The number of aliphatic hydroxyl groups is 1. The molecule has 1 aromatic carbocycles. The number of aromatic nitrogens is 2. The molecule has 1 atom stereocenters. The summed E-state index contributed by atoms with van der Waals surface area (Å²) >= 11 is 0. The number of methoxy groups -OCH3 is 1. The van der Waals surface area contributed by atoms with Gasteiger partial charge < -0.3 is 19.5 Å². The summed E-state index contributed by atoms with van der Waals surface area (Å²) in [5, 5.41) is 21.3. The molecule has 25 heavy (non-hydrogen) atoms. The number of phenols is 1. The van der Waals surface area contributed by atoms with Crippen molar-refractivity contribution in [3.05, 3.63) is 52.1 Å². The molecule has 4 rings (SSSR count). The minimum absolute atomic E-state index is 0.0349. The number of hydrogen-bond acceptors (Lipinski definition) is 5. The number of hydrogen-bond donors (Lipinski definition) is 2. The van der Waals surface area contributed by atoms with Gasteiger partial charge in [0, 0.05) is 30.1 Å². The van der Waals surface area contributed by atoms with Crippen molar-refractivity contribution in [2.75, 3.05) is 7.11 Å². The van der Waals surface area contributed by atoms with Crippen molar-refractivity contribution < 1.29 is 14.9 Å². The van der Waals surface area contributed by atoms with E-state index in [1.807, 2.05) is 12.1 Å². The molecular weight excluding hydrogens is 320 g/mol. The van der Waals surface area contributed by atoms with Crippen LogP contribution < -0.4 is 10.3 Å². The van der Waals surface area contributed by atoms with Gasteiger partial charge in [0.1, 0.15) is 0 Å². The fourth-order valence-electron chi connectivity index (χ4n) is 3.52. The van der Waals surface area contributed by atoms with Crippen LogP contribution in [0.15, 0.2) is 35.4 Å². The van der Waals surface area contributed by atoms with E-state index in [-0.39, 0.29) is 11.3 Å². The predicted molar refractivity (Wildman–Crippen MR) is 94.0 cm³/mol. The summed E-state index contributed by atoms with van der Waals surface area (Å²) in [7, 11) is 1.51. The molecule has 2 N–H and O–H groups in total. The fourth-order valence-corrected chi connectivity index (χ4v) is 3.52. The van der Waals surface area contributed by atoms with Crippen LogP contribution in [-0.4, -0.2) is 26.9 Å². The van der Waals surface area contributed by atoms with Crippen LogP contribution in [0.1, 0.15) is 24.2 Å². The zero-order valence-corrected chi connectivity index (χ0v) is 14.0. The molecule has 6 heteroatoms. The van der Waals surface area contributed by atoms with Gasteiger partial charge in [0.05, 0.1) is 24.3 Å². The Hall–Kier alpha value is -2.86. The highest BCUT2D eigenvalue weighted by Gasteiger charge is 2.22. The number of aryl methyl sites for hydroxylation is 1. The number of ether oxygens (including phenoxy) is 1. The molecule has 0 saturated heterocycles. The van der Waals surface area contributed by atoms with Crippen LogP contribution in [0.25, 0.3) is 22.0 Å². The zero-order chi connectivity index (χ0) is 17.7. The van der Waals surface area contributed by atoms with Gasteiger partial charge in [-0.3, -0.25) is 9.78 Å². The summed E-state index contributed by atoms with van der Waals surface area (Å²) in [5.74, 6) is 0.455. The molecule has 0 fully saturated rings. The molecule has 0 bridgehead atoms. The van der Waals surface area contributed by atoms with Gasteiger partial charge in [-0.15, -0.1) is 0 Å². The molecule has 2 aromatic heterocycles. The Morgan fingerprint density at radius 1 is 1.24 bits per heavy atom. The van der Waals surface area contributed by atoms with E-state index in [0.717, 1.165) is 16.8 Å². The highest BCUT2D eigenvalue weighted by molar-refractivity contribution is 5.88. The van der Waals surface area contributed by atoms with Crippen molar-refractivity contribution in [1.82, 2.24) is 9.55 Å². The second-order valence-electron chi connectivity index (χ2n) is 6.28. The lowest BCUT2D eigenvalue weighted by molar-refractivity contribution is 0.200. The Bertz CT molecular complexity index is 1050. The highest BCUT2D eigenvalue weighted by Crippen LogP contribution is 2.38. The van der Waals surface area contributed by atoms with Gasteiger partial charge in [-0.25, -0.2) is 0 Å². The summed E-state index contributed by atoms with van der Waals surface area (Å²) in [6.07, 6.45) is 3.07. The van der Waals surface area contributed by atoms with Gasteiger partial charge in [-0.1, -0.05) is 0 Å². The number of benzene rings is 1. The monoisotopic (exact) mass is 338 g/mol. The van der Waals surface area contributed by atoms with E-state index < -0.39 is 6.10 Å². The third-order valence-corrected chi connectivity index (χ3v) is 4.80. The van der Waals surface area contributed by atoms with E-state index in [1.165, 1.54) is 13.3 Å². The minimum atomic E-state index is -0.731. The van der Waals surface area contributed by atoms with Crippen LogP contribution >= 0.6 is 0 Å². The second kappa shape index (κ2) is 5.60. The number of fused-ring (bicyclic) bond motifs is 4.